The molecule has 1 fully saturated rings. The van der Waals surface area contributed by atoms with Gasteiger partial charge in [-0.3, -0.25) is 0 Å². The van der Waals surface area contributed by atoms with Crippen LogP contribution in [0.25, 0.3) is 0 Å². The van der Waals surface area contributed by atoms with Crippen LogP contribution in [0, 0.1) is 0 Å². The summed E-state index contributed by atoms with van der Waals surface area (Å²) in [4.78, 5) is 13.8. The van der Waals surface area contributed by atoms with Crippen molar-refractivity contribution >= 4 is 17.9 Å². The molecule has 0 radical (unpaired) electrons. The van der Waals surface area contributed by atoms with Gasteiger partial charge in [-0.15, -0.1) is 11.8 Å². The van der Waals surface area contributed by atoms with Crippen molar-refractivity contribution in [3.8, 4) is 17.2 Å². The molecular weight excluding hydrogens is 595 g/mol. The standard InChI is InChI=1S/C19H29NO6S.C16H36N.FH/c1-19(2,17-11-26-18(22)20(17)7-6-8-21)27-12-14-15(24-4)9-13(23-3)10-16(14)25-5;1-5-9-13-17(14-10-6-2,15-11-7-3)16-12-8-4;/h9-10,17,21H,6-8,11-12H2,1-5H3;5-16H2,1-4H3;1H/q;+1;/p-1/t17-;;/m0../s1. The molecule has 1 aromatic rings. The summed E-state index contributed by atoms with van der Waals surface area (Å²) < 4.78 is 22.8. The second-order valence-electron chi connectivity index (χ2n) is 12.4. The Hall–Kier alpha value is -1.91. The first-order valence-electron chi connectivity index (χ1n) is 16.9. The zero-order chi connectivity index (χ0) is 33.0. The first-order chi connectivity index (χ1) is 21.1. The van der Waals surface area contributed by atoms with Crippen LogP contribution in [0.4, 0.5) is 4.79 Å². The van der Waals surface area contributed by atoms with E-state index in [0.717, 1.165) is 5.56 Å². The maximum Gasteiger partial charge on any atom is 0.410 e. The number of hydrogen-bond donors (Lipinski definition) is 1. The van der Waals surface area contributed by atoms with E-state index in [0.29, 0.717) is 42.6 Å². The molecule has 0 aliphatic carbocycles. The highest BCUT2D eigenvalue weighted by Crippen LogP contribution is 2.42. The maximum absolute atomic E-state index is 12.0. The summed E-state index contributed by atoms with van der Waals surface area (Å²) in [7, 11) is 4.84. The lowest BCUT2D eigenvalue weighted by Crippen LogP contribution is -3.00. The van der Waals surface area contributed by atoms with Crippen molar-refractivity contribution in [2.75, 3.05) is 67.3 Å². The first-order valence-corrected chi connectivity index (χ1v) is 17.9. The van der Waals surface area contributed by atoms with Gasteiger partial charge in [0.05, 0.1) is 53.6 Å². The predicted octanol–water partition coefficient (Wildman–Crippen LogP) is 4.94. The Morgan fingerprint density at radius 2 is 1.33 bits per heavy atom. The molecule has 1 N–H and O–H groups in total. The van der Waals surface area contributed by atoms with Crippen LogP contribution in [-0.4, -0.2) is 98.6 Å². The summed E-state index contributed by atoms with van der Waals surface area (Å²) in [5, 5.41) is 9.09. The number of quaternary nitrogens is 1. The number of aliphatic hydroxyl groups excluding tert-OH is 1. The molecule has 0 saturated carbocycles. The van der Waals surface area contributed by atoms with Gasteiger partial charge in [0.25, 0.3) is 0 Å². The van der Waals surface area contributed by atoms with E-state index in [9.17, 15) is 4.79 Å². The van der Waals surface area contributed by atoms with Crippen molar-refractivity contribution in [3.63, 3.8) is 0 Å². The molecule has 264 valence electrons. The van der Waals surface area contributed by atoms with Crippen molar-refractivity contribution in [1.29, 1.82) is 0 Å². The summed E-state index contributed by atoms with van der Waals surface area (Å²) in [5.74, 6) is 2.71. The Bertz CT molecular complexity index is 873. The maximum atomic E-state index is 12.0. The third kappa shape index (κ3) is 14.2. The van der Waals surface area contributed by atoms with E-state index in [1.165, 1.54) is 82.0 Å². The highest BCUT2D eigenvalue weighted by molar-refractivity contribution is 7.99. The number of nitrogens with zero attached hydrogens (tertiary/aromatic N) is 2. The lowest BCUT2D eigenvalue weighted by Gasteiger charge is -2.39. The molecule has 0 unspecified atom stereocenters. The Labute approximate surface area is 278 Å². The van der Waals surface area contributed by atoms with Crippen LogP contribution in [0.15, 0.2) is 12.1 Å². The third-order valence-electron chi connectivity index (χ3n) is 8.68. The van der Waals surface area contributed by atoms with Crippen molar-refractivity contribution in [3.05, 3.63) is 17.7 Å². The number of ether oxygens (including phenoxy) is 4. The van der Waals surface area contributed by atoms with Gasteiger partial charge in [0.15, 0.2) is 0 Å². The van der Waals surface area contributed by atoms with Gasteiger partial charge >= 0.3 is 6.09 Å². The fraction of sp³-hybridized carbons (Fsp3) is 0.800. The molecule has 2 rings (SSSR count). The van der Waals surface area contributed by atoms with E-state index in [-0.39, 0.29) is 28.2 Å². The fourth-order valence-electron chi connectivity index (χ4n) is 5.73. The third-order valence-corrected chi connectivity index (χ3v) is 10.1. The molecule has 1 aliphatic rings. The van der Waals surface area contributed by atoms with Crippen LogP contribution in [0.3, 0.4) is 0 Å². The van der Waals surface area contributed by atoms with E-state index in [2.05, 4.69) is 41.5 Å². The summed E-state index contributed by atoms with van der Waals surface area (Å²) >= 11 is 1.70. The number of aliphatic hydroxyl groups is 1. The summed E-state index contributed by atoms with van der Waals surface area (Å²) in [6, 6.07) is 3.60. The SMILES string of the molecule is CCCC[N+](CCCC)(CCCC)CCCC.COc1cc(OC)c(CSC(C)(C)[C@@H]2COC(=O)N2CCCO)c(OC)c1.[F-]. The number of cyclic esters (lactones) is 1. The topological polar surface area (TPSA) is 77.5 Å². The molecule has 0 aromatic heterocycles. The average molecular weight is 661 g/mol. The number of halogens is 1. The van der Waals surface area contributed by atoms with Crippen LogP contribution in [0.5, 0.6) is 17.2 Å². The number of amides is 1. The quantitative estimate of drug-likeness (QED) is 0.177. The van der Waals surface area contributed by atoms with Gasteiger partial charge in [0.1, 0.15) is 23.9 Å². The highest BCUT2D eigenvalue weighted by Gasteiger charge is 2.43. The van der Waals surface area contributed by atoms with Gasteiger partial charge in [0.2, 0.25) is 0 Å². The number of carbonyl (C=O) groups is 1. The Morgan fingerprint density at radius 3 is 1.71 bits per heavy atom. The van der Waals surface area contributed by atoms with E-state index in [4.69, 9.17) is 24.1 Å². The minimum absolute atomic E-state index is 0. The van der Waals surface area contributed by atoms with E-state index >= 15 is 0 Å². The predicted molar refractivity (Wildman–Crippen MR) is 184 cm³/mol. The summed E-state index contributed by atoms with van der Waals surface area (Å²) in [6.45, 7) is 20.1. The van der Waals surface area contributed by atoms with Crippen molar-refractivity contribution in [2.24, 2.45) is 0 Å². The molecule has 45 heavy (non-hydrogen) atoms. The minimum Gasteiger partial charge on any atom is -1.00 e. The number of carbonyl (C=O) groups excluding carboxylic acids is 1. The zero-order valence-electron chi connectivity index (χ0n) is 29.9. The second kappa shape index (κ2) is 23.4. The van der Waals surface area contributed by atoms with Gasteiger partial charge in [-0.1, -0.05) is 53.4 Å². The van der Waals surface area contributed by atoms with Crippen LogP contribution < -0.4 is 18.9 Å². The summed E-state index contributed by atoms with van der Waals surface area (Å²) in [6.07, 6.45) is 11.3. The number of hydrogen-bond acceptors (Lipinski definition) is 7. The molecular formula is C35H65FN2O6S. The van der Waals surface area contributed by atoms with Crippen molar-refractivity contribution in [1.82, 2.24) is 4.90 Å². The van der Waals surface area contributed by atoms with Crippen molar-refractivity contribution in [2.45, 2.75) is 116 Å². The first kappa shape index (κ1) is 43.1. The lowest BCUT2D eigenvalue weighted by molar-refractivity contribution is -0.929. The molecule has 0 spiro atoms. The van der Waals surface area contributed by atoms with E-state index in [1.54, 1.807) is 38.0 Å². The van der Waals surface area contributed by atoms with Crippen LogP contribution in [0.1, 0.15) is 105 Å². The molecule has 1 aromatic carbocycles. The fourth-order valence-corrected chi connectivity index (χ4v) is 6.92. The Kier molecular flexibility index (Phi) is 22.4. The van der Waals surface area contributed by atoms with E-state index in [1.807, 2.05) is 12.1 Å². The smallest absolute Gasteiger partial charge is 0.410 e. The largest absolute Gasteiger partial charge is 1.00 e. The molecule has 8 nitrogen and oxygen atoms in total. The van der Waals surface area contributed by atoms with Gasteiger partial charge < -0.3 is 38.1 Å². The Balaban J connectivity index is 0.000000936. The molecule has 1 atom stereocenters. The molecule has 1 heterocycles. The van der Waals surface area contributed by atoms with Gasteiger partial charge in [-0.2, -0.15) is 0 Å². The molecule has 1 saturated heterocycles. The second-order valence-corrected chi connectivity index (χ2v) is 14.0. The van der Waals surface area contributed by atoms with Gasteiger partial charge in [-0.25, -0.2) is 4.79 Å². The lowest BCUT2D eigenvalue weighted by atomic mass is 10.0. The van der Waals surface area contributed by atoms with Crippen LogP contribution >= 0.6 is 11.8 Å². The molecule has 0 bridgehead atoms. The van der Waals surface area contributed by atoms with Crippen molar-refractivity contribution < 1.29 is 38.0 Å². The number of methoxy groups -OCH3 is 3. The highest BCUT2D eigenvalue weighted by atomic mass is 32.2. The van der Waals surface area contributed by atoms with E-state index < -0.39 is 0 Å². The normalized spacial score (nSPS) is 14.8. The molecule has 10 heteroatoms. The number of rotatable bonds is 22. The monoisotopic (exact) mass is 660 g/mol. The molecule has 1 aliphatic heterocycles. The summed E-state index contributed by atoms with van der Waals surface area (Å²) in [5.41, 5.74) is 0.936. The number of unbranched alkanes of at least 4 members (excludes halogenated alkanes) is 4. The Morgan fingerprint density at radius 1 is 0.867 bits per heavy atom. The average Bonchev–Trinajstić information content (AvgIpc) is 3.42. The number of benzene rings is 1. The minimum atomic E-state index is -0.318. The van der Waals surface area contributed by atoms with Gasteiger partial charge in [0, 0.05) is 41.3 Å². The molecule has 1 amide bonds. The van der Waals surface area contributed by atoms with Crippen LogP contribution in [-0.2, 0) is 10.5 Å². The van der Waals surface area contributed by atoms with Crippen LogP contribution in [0.2, 0.25) is 0 Å². The number of thioether (sulfide) groups is 1. The zero-order valence-corrected chi connectivity index (χ0v) is 30.7. The van der Waals surface area contributed by atoms with Gasteiger partial charge in [-0.05, 0) is 46.0 Å².